The van der Waals surface area contributed by atoms with Gasteiger partial charge in [0.15, 0.2) is 17.6 Å². The fraction of sp³-hybridized carbons (Fsp3) is 0.200. The summed E-state index contributed by atoms with van der Waals surface area (Å²) in [5.74, 6) is 1.31. The molecule has 7 heteroatoms. The first-order valence-electron chi connectivity index (χ1n) is 8.56. The van der Waals surface area contributed by atoms with Crippen molar-refractivity contribution in [2.75, 3.05) is 20.2 Å². The molecular formula is C20H18N4O3. The average molecular weight is 362 g/mol. The number of para-hydroxylation sites is 2. The van der Waals surface area contributed by atoms with Crippen LogP contribution in [0.25, 0.3) is 11.3 Å². The van der Waals surface area contributed by atoms with Crippen LogP contribution in [0, 0.1) is 0 Å². The van der Waals surface area contributed by atoms with Crippen molar-refractivity contribution in [3.8, 4) is 22.8 Å². The molecule has 27 heavy (non-hydrogen) atoms. The Morgan fingerprint density at radius 2 is 1.96 bits per heavy atom. The van der Waals surface area contributed by atoms with Crippen LogP contribution in [-0.2, 0) is 0 Å². The van der Waals surface area contributed by atoms with Crippen molar-refractivity contribution in [3.63, 3.8) is 0 Å². The molecule has 3 aromatic rings. The lowest BCUT2D eigenvalue weighted by Gasteiger charge is -2.29. The number of pyridine rings is 1. The van der Waals surface area contributed by atoms with E-state index in [0.717, 1.165) is 11.3 Å². The van der Waals surface area contributed by atoms with Gasteiger partial charge >= 0.3 is 0 Å². The largest absolute Gasteiger partial charge is 0.486 e. The Kier molecular flexibility index (Phi) is 4.65. The lowest BCUT2D eigenvalue weighted by atomic mass is 10.1. The quantitative estimate of drug-likeness (QED) is 0.709. The second-order valence-electron chi connectivity index (χ2n) is 6.24. The number of fused-ring (bicyclic) bond motifs is 1. The zero-order chi connectivity index (χ0) is 18.6. The topological polar surface area (TPSA) is 77.4 Å². The Morgan fingerprint density at radius 1 is 1.19 bits per heavy atom. The van der Waals surface area contributed by atoms with Crippen LogP contribution in [-0.4, -0.2) is 52.1 Å². The molecule has 1 atom stereocenters. The summed E-state index contributed by atoms with van der Waals surface area (Å²) in [6.07, 6.45) is 6.17. The minimum Gasteiger partial charge on any atom is -0.486 e. The molecule has 136 valence electrons. The number of aromatic nitrogens is 3. The van der Waals surface area contributed by atoms with Crippen LogP contribution in [0.2, 0.25) is 0 Å². The molecule has 0 bridgehead atoms. The van der Waals surface area contributed by atoms with Crippen molar-refractivity contribution in [3.05, 3.63) is 66.9 Å². The summed E-state index contributed by atoms with van der Waals surface area (Å²) in [5.41, 5.74) is 1.96. The van der Waals surface area contributed by atoms with E-state index < -0.39 is 0 Å². The molecule has 0 saturated heterocycles. The van der Waals surface area contributed by atoms with Gasteiger partial charge < -0.3 is 14.4 Å². The van der Waals surface area contributed by atoms with E-state index in [9.17, 15) is 4.79 Å². The Labute approximate surface area is 156 Å². The van der Waals surface area contributed by atoms with Crippen molar-refractivity contribution in [1.29, 1.82) is 0 Å². The molecule has 3 heterocycles. The van der Waals surface area contributed by atoms with E-state index in [4.69, 9.17) is 9.47 Å². The maximum absolute atomic E-state index is 12.8. The number of benzene rings is 1. The lowest BCUT2D eigenvalue weighted by molar-refractivity contribution is 0.0521. The minimum absolute atomic E-state index is 0.113. The predicted octanol–water partition coefficient (Wildman–Crippen LogP) is 2.45. The van der Waals surface area contributed by atoms with E-state index in [1.54, 1.807) is 42.7 Å². The van der Waals surface area contributed by atoms with Crippen molar-refractivity contribution in [2.24, 2.45) is 0 Å². The molecule has 0 N–H and O–H groups in total. The number of ether oxygens (including phenoxy) is 2. The zero-order valence-corrected chi connectivity index (χ0v) is 14.8. The summed E-state index contributed by atoms with van der Waals surface area (Å²) in [6.45, 7) is 0.816. The Morgan fingerprint density at radius 3 is 2.78 bits per heavy atom. The Balaban J connectivity index is 1.45. The van der Waals surface area contributed by atoms with Gasteiger partial charge in [0, 0.05) is 36.8 Å². The second-order valence-corrected chi connectivity index (χ2v) is 6.24. The fourth-order valence-electron chi connectivity index (χ4n) is 2.91. The number of carbonyl (C=O) groups excluding carboxylic acids is 1. The van der Waals surface area contributed by atoms with Crippen LogP contribution >= 0.6 is 0 Å². The van der Waals surface area contributed by atoms with Gasteiger partial charge in [-0.15, -0.1) is 0 Å². The highest BCUT2D eigenvalue weighted by Crippen LogP contribution is 2.31. The molecule has 1 aromatic carbocycles. The van der Waals surface area contributed by atoms with Crippen molar-refractivity contribution in [2.45, 2.75) is 6.10 Å². The van der Waals surface area contributed by atoms with Crippen LogP contribution in [0.1, 0.15) is 10.4 Å². The lowest BCUT2D eigenvalue weighted by Crippen LogP contribution is -2.41. The number of nitrogens with zero attached hydrogens (tertiary/aromatic N) is 4. The third kappa shape index (κ3) is 3.72. The minimum atomic E-state index is -0.224. The predicted molar refractivity (Wildman–Crippen MR) is 98.6 cm³/mol. The third-order valence-corrected chi connectivity index (χ3v) is 4.25. The first-order chi connectivity index (χ1) is 13.2. The van der Waals surface area contributed by atoms with Gasteiger partial charge in [0.2, 0.25) is 0 Å². The summed E-state index contributed by atoms with van der Waals surface area (Å²) >= 11 is 0. The number of likely N-dealkylation sites (N-methyl/N-ethyl adjacent to an activating group) is 1. The molecule has 1 aliphatic rings. The van der Waals surface area contributed by atoms with Crippen molar-refractivity contribution >= 4 is 5.91 Å². The molecule has 4 rings (SSSR count). The molecule has 1 unspecified atom stereocenters. The zero-order valence-electron chi connectivity index (χ0n) is 14.8. The molecule has 1 aliphatic heterocycles. The molecule has 0 spiro atoms. The van der Waals surface area contributed by atoms with Gasteiger partial charge in [-0.05, 0) is 24.3 Å². The smallest absolute Gasteiger partial charge is 0.253 e. The van der Waals surface area contributed by atoms with E-state index in [2.05, 4.69) is 15.0 Å². The maximum atomic E-state index is 12.8. The van der Waals surface area contributed by atoms with Gasteiger partial charge in [0.05, 0.1) is 12.2 Å². The third-order valence-electron chi connectivity index (χ3n) is 4.25. The van der Waals surface area contributed by atoms with Gasteiger partial charge in [-0.3, -0.25) is 9.78 Å². The molecule has 1 amide bonds. The summed E-state index contributed by atoms with van der Waals surface area (Å²) in [4.78, 5) is 26.7. The standard InChI is InChI=1S/C20H18N4O3/c1-24(11-16-12-26-18-4-2-3-5-19(18)27-16)20(25)14-6-7-23-17(8-14)15-9-21-13-22-10-15/h2-10,13,16H,11-12H2,1H3. The molecule has 7 nitrogen and oxygen atoms in total. The normalized spacial score (nSPS) is 15.2. The van der Waals surface area contributed by atoms with Gasteiger partial charge in [-0.25, -0.2) is 9.97 Å². The van der Waals surface area contributed by atoms with Crippen LogP contribution in [0.15, 0.2) is 61.3 Å². The summed E-state index contributed by atoms with van der Waals surface area (Å²) in [7, 11) is 1.75. The van der Waals surface area contributed by atoms with E-state index in [0.29, 0.717) is 30.2 Å². The first-order valence-corrected chi connectivity index (χ1v) is 8.56. The van der Waals surface area contributed by atoms with Gasteiger partial charge in [-0.1, -0.05) is 12.1 Å². The number of hydrogen-bond acceptors (Lipinski definition) is 6. The van der Waals surface area contributed by atoms with Gasteiger partial charge in [0.25, 0.3) is 5.91 Å². The second kappa shape index (κ2) is 7.41. The highest BCUT2D eigenvalue weighted by atomic mass is 16.6. The van der Waals surface area contributed by atoms with Crippen molar-refractivity contribution in [1.82, 2.24) is 19.9 Å². The number of rotatable bonds is 4. The molecule has 2 aromatic heterocycles. The van der Waals surface area contributed by atoms with E-state index in [-0.39, 0.29) is 12.0 Å². The molecule has 0 fully saturated rings. The monoisotopic (exact) mass is 362 g/mol. The summed E-state index contributed by atoms with van der Waals surface area (Å²) in [5, 5.41) is 0. The van der Waals surface area contributed by atoms with Crippen molar-refractivity contribution < 1.29 is 14.3 Å². The van der Waals surface area contributed by atoms with Crippen LogP contribution < -0.4 is 9.47 Å². The van der Waals surface area contributed by atoms with E-state index >= 15 is 0 Å². The SMILES string of the molecule is CN(CC1COc2ccccc2O1)C(=O)c1ccnc(-c2cncnc2)c1. The molecule has 0 aliphatic carbocycles. The van der Waals surface area contributed by atoms with E-state index in [1.807, 2.05) is 24.3 Å². The van der Waals surface area contributed by atoms with Crippen LogP contribution in [0.5, 0.6) is 11.5 Å². The van der Waals surface area contributed by atoms with Gasteiger partial charge in [0.1, 0.15) is 12.9 Å². The molecule has 0 saturated carbocycles. The number of amides is 1. The number of carbonyl (C=O) groups is 1. The first kappa shape index (κ1) is 17.0. The van der Waals surface area contributed by atoms with E-state index in [1.165, 1.54) is 6.33 Å². The highest BCUT2D eigenvalue weighted by Gasteiger charge is 2.24. The Hall–Kier alpha value is -3.48. The highest BCUT2D eigenvalue weighted by molar-refractivity contribution is 5.94. The molecule has 0 radical (unpaired) electrons. The summed E-state index contributed by atoms with van der Waals surface area (Å²) in [6, 6.07) is 11.0. The molecular weight excluding hydrogens is 344 g/mol. The summed E-state index contributed by atoms with van der Waals surface area (Å²) < 4.78 is 11.6. The fourth-order valence-corrected chi connectivity index (χ4v) is 2.91. The van der Waals surface area contributed by atoms with Crippen LogP contribution in [0.3, 0.4) is 0 Å². The average Bonchev–Trinajstić information content (AvgIpc) is 2.74. The van der Waals surface area contributed by atoms with Gasteiger partial charge in [-0.2, -0.15) is 0 Å². The Bertz CT molecular complexity index is 949. The maximum Gasteiger partial charge on any atom is 0.253 e. The number of hydrogen-bond donors (Lipinski definition) is 0. The van der Waals surface area contributed by atoms with Crippen LogP contribution in [0.4, 0.5) is 0 Å².